The number of aromatic nitrogens is 2. The summed E-state index contributed by atoms with van der Waals surface area (Å²) in [6.07, 6.45) is 1.70. The first kappa shape index (κ1) is 17.7. The van der Waals surface area contributed by atoms with E-state index in [2.05, 4.69) is 32.1 Å². The van der Waals surface area contributed by atoms with Gasteiger partial charge in [-0.05, 0) is 33.7 Å². The zero-order valence-electron chi connectivity index (χ0n) is 15.0. The van der Waals surface area contributed by atoms with Crippen LogP contribution in [0.25, 0.3) is 0 Å². The number of anilines is 2. The number of carbonyl (C=O) groups is 1. The van der Waals surface area contributed by atoms with E-state index in [0.717, 1.165) is 62.0 Å². The quantitative estimate of drug-likeness (QED) is 0.902. The molecule has 2 heterocycles. The molecule has 0 aromatic carbocycles. The van der Waals surface area contributed by atoms with Gasteiger partial charge in [-0.25, -0.2) is 9.97 Å². The average Bonchev–Trinajstić information content (AvgIpc) is 2.52. The van der Waals surface area contributed by atoms with E-state index in [1.807, 2.05) is 27.7 Å². The lowest BCUT2D eigenvalue weighted by molar-refractivity contribution is -0.120. The van der Waals surface area contributed by atoms with Crippen LogP contribution in [0.1, 0.15) is 38.1 Å². The van der Waals surface area contributed by atoms with Crippen molar-refractivity contribution in [1.82, 2.24) is 14.9 Å². The highest BCUT2D eigenvalue weighted by molar-refractivity contribution is 5.93. The Morgan fingerprint density at radius 3 is 2.09 bits per heavy atom. The molecule has 1 aliphatic rings. The first-order valence-electron chi connectivity index (χ1n) is 8.55. The maximum Gasteiger partial charge on any atom is 0.227 e. The van der Waals surface area contributed by atoms with Gasteiger partial charge < -0.3 is 15.1 Å². The maximum atomic E-state index is 12.3. The number of nitrogens with one attached hydrogen (secondary N) is 1. The van der Waals surface area contributed by atoms with Crippen molar-refractivity contribution in [3.05, 3.63) is 11.4 Å². The van der Waals surface area contributed by atoms with E-state index in [0.29, 0.717) is 0 Å². The molecule has 128 valence electrons. The van der Waals surface area contributed by atoms with Crippen LogP contribution in [-0.4, -0.2) is 54.0 Å². The Balaban J connectivity index is 2.15. The van der Waals surface area contributed by atoms with E-state index >= 15 is 0 Å². The van der Waals surface area contributed by atoms with E-state index in [4.69, 9.17) is 0 Å². The molecule has 6 heteroatoms. The van der Waals surface area contributed by atoms with Crippen molar-refractivity contribution in [1.29, 1.82) is 0 Å². The van der Waals surface area contributed by atoms with Crippen LogP contribution in [0.4, 0.5) is 11.6 Å². The fraction of sp³-hybridized carbons (Fsp3) is 0.706. The van der Waals surface area contributed by atoms with Crippen LogP contribution in [0, 0.1) is 19.8 Å². The normalized spacial score (nSPS) is 16.0. The van der Waals surface area contributed by atoms with Crippen molar-refractivity contribution >= 4 is 17.5 Å². The Morgan fingerprint density at radius 1 is 1.09 bits per heavy atom. The van der Waals surface area contributed by atoms with Gasteiger partial charge in [0.1, 0.15) is 0 Å². The number of amides is 1. The van der Waals surface area contributed by atoms with Gasteiger partial charge in [-0.3, -0.25) is 4.79 Å². The molecule has 0 spiro atoms. The van der Waals surface area contributed by atoms with Crippen molar-refractivity contribution in [2.45, 2.75) is 40.5 Å². The minimum Gasteiger partial charge on any atom is -0.338 e. The number of aryl methyl sites for hydroxylation is 2. The number of piperazine rings is 1. The Bertz CT molecular complexity index is 525. The Kier molecular flexibility index (Phi) is 5.93. The zero-order chi connectivity index (χ0) is 17.0. The van der Waals surface area contributed by atoms with Crippen molar-refractivity contribution < 1.29 is 4.79 Å². The molecule has 23 heavy (non-hydrogen) atoms. The molecular formula is C17H29N5O. The molecule has 1 fully saturated rings. The summed E-state index contributed by atoms with van der Waals surface area (Å²) in [5, 5.41) is 3.03. The van der Waals surface area contributed by atoms with Gasteiger partial charge in [0, 0.05) is 32.1 Å². The summed E-state index contributed by atoms with van der Waals surface area (Å²) in [5.74, 6) is 0.886. The first-order chi connectivity index (χ1) is 11.0. The van der Waals surface area contributed by atoms with Crippen LogP contribution in [-0.2, 0) is 4.79 Å². The molecule has 0 bridgehead atoms. The van der Waals surface area contributed by atoms with E-state index < -0.39 is 0 Å². The van der Waals surface area contributed by atoms with E-state index in [1.54, 1.807) is 0 Å². The molecule has 0 unspecified atom stereocenters. The third-order valence-electron chi connectivity index (χ3n) is 4.65. The summed E-state index contributed by atoms with van der Waals surface area (Å²) in [4.78, 5) is 26.1. The number of carbonyl (C=O) groups excluding carboxylic acids is 1. The number of hydrogen-bond donors (Lipinski definition) is 1. The molecule has 6 nitrogen and oxygen atoms in total. The van der Waals surface area contributed by atoms with E-state index in [9.17, 15) is 4.79 Å². The highest BCUT2D eigenvalue weighted by Crippen LogP contribution is 2.22. The third kappa shape index (κ3) is 4.19. The van der Waals surface area contributed by atoms with Crippen molar-refractivity contribution in [3.8, 4) is 0 Å². The molecule has 1 amide bonds. The number of hydrogen-bond acceptors (Lipinski definition) is 5. The highest BCUT2D eigenvalue weighted by atomic mass is 16.1. The summed E-state index contributed by atoms with van der Waals surface area (Å²) < 4.78 is 0. The van der Waals surface area contributed by atoms with Crippen LogP contribution in [0.5, 0.6) is 0 Å². The highest BCUT2D eigenvalue weighted by Gasteiger charge is 2.21. The molecule has 1 aliphatic heterocycles. The number of likely N-dealkylation sites (N-methyl/N-ethyl adjacent to an activating group) is 1. The Hall–Kier alpha value is -1.69. The topological polar surface area (TPSA) is 61.4 Å². The summed E-state index contributed by atoms with van der Waals surface area (Å²) in [5.41, 5.74) is 2.44. The average molecular weight is 319 g/mol. The lowest BCUT2D eigenvalue weighted by Crippen LogP contribution is -2.45. The van der Waals surface area contributed by atoms with Crippen LogP contribution in [0.15, 0.2) is 0 Å². The third-order valence-corrected chi connectivity index (χ3v) is 4.65. The number of nitrogens with zero attached hydrogens (tertiary/aromatic N) is 4. The Morgan fingerprint density at radius 2 is 1.61 bits per heavy atom. The van der Waals surface area contributed by atoms with Gasteiger partial charge in [-0.15, -0.1) is 0 Å². The van der Waals surface area contributed by atoms with Crippen molar-refractivity contribution in [2.75, 3.05) is 43.4 Å². The summed E-state index contributed by atoms with van der Waals surface area (Å²) in [6.45, 7) is 11.9. The standard InChI is InChI=1S/C17H29N5O/c1-6-14(7-2)16(23)20-15-12(3)18-17(19-13(15)4)22-10-8-21(5)9-11-22/h14H,6-11H2,1-5H3,(H,20,23). The second kappa shape index (κ2) is 7.73. The summed E-state index contributed by atoms with van der Waals surface area (Å²) in [7, 11) is 2.13. The molecule has 1 aromatic heterocycles. The summed E-state index contributed by atoms with van der Waals surface area (Å²) >= 11 is 0. The minimum absolute atomic E-state index is 0.0473. The number of rotatable bonds is 5. The van der Waals surface area contributed by atoms with Gasteiger partial charge >= 0.3 is 0 Å². The molecule has 0 saturated carbocycles. The fourth-order valence-corrected chi connectivity index (χ4v) is 2.91. The molecule has 1 saturated heterocycles. The monoisotopic (exact) mass is 319 g/mol. The zero-order valence-corrected chi connectivity index (χ0v) is 15.0. The molecule has 2 rings (SSSR count). The van der Waals surface area contributed by atoms with Gasteiger partial charge in [-0.2, -0.15) is 0 Å². The smallest absolute Gasteiger partial charge is 0.227 e. The maximum absolute atomic E-state index is 12.3. The van der Waals surface area contributed by atoms with Gasteiger partial charge in [0.15, 0.2) is 0 Å². The van der Waals surface area contributed by atoms with Gasteiger partial charge in [0.05, 0.1) is 17.1 Å². The van der Waals surface area contributed by atoms with Crippen LogP contribution in [0.2, 0.25) is 0 Å². The largest absolute Gasteiger partial charge is 0.338 e. The fourth-order valence-electron chi connectivity index (χ4n) is 2.91. The molecule has 0 atom stereocenters. The molecule has 1 N–H and O–H groups in total. The van der Waals surface area contributed by atoms with Crippen molar-refractivity contribution in [2.24, 2.45) is 5.92 Å². The van der Waals surface area contributed by atoms with E-state index in [-0.39, 0.29) is 11.8 Å². The molecule has 0 aliphatic carbocycles. The SMILES string of the molecule is CCC(CC)C(=O)Nc1c(C)nc(N2CCN(C)CC2)nc1C. The van der Waals surface area contributed by atoms with Crippen LogP contribution >= 0.6 is 0 Å². The van der Waals surface area contributed by atoms with Gasteiger partial charge in [0.2, 0.25) is 11.9 Å². The van der Waals surface area contributed by atoms with Crippen molar-refractivity contribution in [3.63, 3.8) is 0 Å². The summed E-state index contributed by atoms with van der Waals surface area (Å²) in [6, 6.07) is 0. The van der Waals surface area contributed by atoms with Gasteiger partial charge in [0.25, 0.3) is 0 Å². The van der Waals surface area contributed by atoms with Gasteiger partial charge in [-0.1, -0.05) is 13.8 Å². The lowest BCUT2D eigenvalue weighted by atomic mass is 10.0. The second-order valence-corrected chi connectivity index (χ2v) is 6.36. The predicted octanol–water partition coefficient (Wildman–Crippen LogP) is 2.22. The second-order valence-electron chi connectivity index (χ2n) is 6.36. The lowest BCUT2D eigenvalue weighted by Gasteiger charge is -2.32. The van der Waals surface area contributed by atoms with Crippen LogP contribution in [0.3, 0.4) is 0 Å². The molecular weight excluding hydrogens is 290 g/mol. The molecule has 0 radical (unpaired) electrons. The Labute approximate surface area is 139 Å². The van der Waals surface area contributed by atoms with Crippen LogP contribution < -0.4 is 10.2 Å². The predicted molar refractivity (Wildman–Crippen MR) is 93.9 cm³/mol. The molecule has 1 aromatic rings. The first-order valence-corrected chi connectivity index (χ1v) is 8.55. The minimum atomic E-state index is 0.0473. The van der Waals surface area contributed by atoms with E-state index in [1.165, 1.54) is 0 Å².